The Morgan fingerprint density at radius 3 is 2.42 bits per heavy atom. The standard InChI is InChI=1S/C11H22BO5PS/c1-6(2)15-5-8-9(13)10(11(12)16-8)17-18(14,19)7(3)4/h6-11,13H,5H2,1-4H3,(H,14,19)/t8-,9-,10-,11-,18?/m1/s1. The Labute approximate surface area is 121 Å². The van der Waals surface area contributed by atoms with E-state index in [1.165, 1.54) is 0 Å². The van der Waals surface area contributed by atoms with Gasteiger partial charge in [-0.2, -0.15) is 0 Å². The van der Waals surface area contributed by atoms with Crippen LogP contribution < -0.4 is 0 Å². The van der Waals surface area contributed by atoms with Crippen molar-refractivity contribution < 1.29 is 24.0 Å². The van der Waals surface area contributed by atoms with E-state index in [1.807, 2.05) is 13.8 Å². The monoisotopic (exact) mass is 308 g/mol. The average molecular weight is 308 g/mol. The van der Waals surface area contributed by atoms with Gasteiger partial charge in [0, 0.05) is 11.7 Å². The van der Waals surface area contributed by atoms with Gasteiger partial charge in [-0.1, -0.05) is 13.8 Å². The largest absolute Gasteiger partial charge is 0.388 e. The quantitative estimate of drug-likeness (QED) is 0.558. The molecule has 1 heterocycles. The first-order valence-electron chi connectivity index (χ1n) is 6.36. The van der Waals surface area contributed by atoms with Crippen molar-refractivity contribution in [3.05, 3.63) is 0 Å². The summed E-state index contributed by atoms with van der Waals surface area (Å²) in [4.78, 5) is 10.0. The van der Waals surface area contributed by atoms with Crippen molar-refractivity contribution in [3.8, 4) is 0 Å². The van der Waals surface area contributed by atoms with E-state index in [9.17, 15) is 10.00 Å². The molecule has 0 bridgehead atoms. The van der Waals surface area contributed by atoms with Crippen molar-refractivity contribution in [2.45, 2.75) is 63.8 Å². The first-order valence-corrected chi connectivity index (χ1v) is 9.11. The van der Waals surface area contributed by atoms with Crippen molar-refractivity contribution in [3.63, 3.8) is 0 Å². The first kappa shape index (κ1) is 17.6. The normalized spacial score (nSPS) is 34.9. The van der Waals surface area contributed by atoms with E-state index >= 15 is 0 Å². The number of aliphatic hydroxyl groups excluding tert-OH is 1. The molecule has 1 aliphatic heterocycles. The van der Waals surface area contributed by atoms with Crippen LogP contribution in [0.4, 0.5) is 0 Å². The highest BCUT2D eigenvalue weighted by atomic mass is 32.5. The molecule has 8 heteroatoms. The summed E-state index contributed by atoms with van der Waals surface area (Å²) in [5, 5.41) is 10.1. The van der Waals surface area contributed by atoms with Crippen LogP contribution >= 0.6 is 6.49 Å². The average Bonchev–Trinajstić information content (AvgIpc) is 2.53. The van der Waals surface area contributed by atoms with Crippen LogP contribution in [0, 0.1) is 0 Å². The molecule has 1 fully saturated rings. The summed E-state index contributed by atoms with van der Waals surface area (Å²) in [5.41, 5.74) is -0.201. The minimum absolute atomic E-state index is 0.0334. The Kier molecular flexibility index (Phi) is 6.46. The van der Waals surface area contributed by atoms with Crippen molar-refractivity contribution >= 4 is 26.1 Å². The van der Waals surface area contributed by atoms with Gasteiger partial charge in [0.15, 0.2) is 6.49 Å². The topological polar surface area (TPSA) is 68.2 Å². The Morgan fingerprint density at radius 1 is 1.37 bits per heavy atom. The summed E-state index contributed by atoms with van der Waals surface area (Å²) in [5.74, 6) is 0. The first-order chi connectivity index (χ1) is 8.65. The molecule has 1 unspecified atom stereocenters. The van der Waals surface area contributed by atoms with Crippen molar-refractivity contribution in [1.29, 1.82) is 0 Å². The van der Waals surface area contributed by atoms with E-state index in [0.717, 1.165) is 0 Å². The minimum Gasteiger partial charge on any atom is -0.388 e. The fraction of sp³-hybridized carbons (Fsp3) is 1.00. The fourth-order valence-electron chi connectivity index (χ4n) is 1.61. The minimum atomic E-state index is -2.98. The van der Waals surface area contributed by atoms with Crippen molar-refractivity contribution in [1.82, 2.24) is 0 Å². The van der Waals surface area contributed by atoms with Crippen molar-refractivity contribution in [2.75, 3.05) is 6.61 Å². The van der Waals surface area contributed by atoms with Crippen LogP contribution in [0.5, 0.6) is 0 Å². The molecule has 0 aromatic rings. The van der Waals surface area contributed by atoms with Gasteiger partial charge in [-0.3, -0.25) is 0 Å². The smallest absolute Gasteiger partial charge is 0.189 e. The molecule has 1 saturated heterocycles. The number of aliphatic hydroxyl groups is 1. The van der Waals surface area contributed by atoms with Gasteiger partial charge in [-0.25, -0.2) is 0 Å². The van der Waals surface area contributed by atoms with E-state index in [0.29, 0.717) is 0 Å². The molecule has 19 heavy (non-hydrogen) atoms. The van der Waals surface area contributed by atoms with E-state index in [2.05, 4.69) is 0 Å². The Balaban J connectivity index is 2.63. The highest BCUT2D eigenvalue weighted by Gasteiger charge is 2.44. The lowest BCUT2D eigenvalue weighted by Gasteiger charge is -2.27. The third kappa shape index (κ3) is 4.78. The molecule has 0 aliphatic carbocycles. The molecule has 110 valence electrons. The van der Waals surface area contributed by atoms with Crippen LogP contribution in [-0.4, -0.2) is 60.5 Å². The highest BCUT2D eigenvalue weighted by molar-refractivity contribution is 8.09. The SMILES string of the molecule is [B][C@@H]1O[C@H](COC(C)C)[C@@H](O)[C@H]1OP(O)(=S)C(C)C. The predicted octanol–water partition coefficient (Wildman–Crippen LogP) is 0.761. The second-order valence-corrected chi connectivity index (χ2v) is 9.18. The third-order valence-corrected chi connectivity index (χ3v) is 6.27. The number of hydrogen-bond acceptors (Lipinski definition) is 5. The maximum absolute atomic E-state index is 10.1. The van der Waals surface area contributed by atoms with Gasteiger partial charge in [-0.05, 0) is 25.7 Å². The third-order valence-electron chi connectivity index (χ3n) is 2.89. The lowest BCUT2D eigenvalue weighted by molar-refractivity contribution is -0.0484. The summed E-state index contributed by atoms with van der Waals surface area (Å²) < 4.78 is 16.2. The van der Waals surface area contributed by atoms with Crippen molar-refractivity contribution in [2.24, 2.45) is 0 Å². The molecule has 1 rings (SSSR count). The van der Waals surface area contributed by atoms with Crippen LogP contribution in [0.2, 0.25) is 0 Å². The highest BCUT2D eigenvalue weighted by Crippen LogP contribution is 2.50. The van der Waals surface area contributed by atoms with Gasteiger partial charge in [0.1, 0.15) is 26.2 Å². The number of rotatable bonds is 6. The molecule has 5 nitrogen and oxygen atoms in total. The molecule has 1 aliphatic rings. The zero-order valence-electron chi connectivity index (χ0n) is 11.7. The lowest BCUT2D eigenvalue weighted by atomic mass is 9.93. The molecule has 0 amide bonds. The second kappa shape index (κ2) is 6.99. The molecular formula is C11H22BO5PS. The van der Waals surface area contributed by atoms with Gasteiger partial charge < -0.3 is 24.0 Å². The molecule has 0 saturated carbocycles. The summed E-state index contributed by atoms with van der Waals surface area (Å²) in [6.45, 7) is 4.57. The number of ether oxygens (including phenoxy) is 2. The molecule has 5 atom stereocenters. The summed E-state index contributed by atoms with van der Waals surface area (Å²) in [6, 6.07) is -0.816. The van der Waals surface area contributed by atoms with Gasteiger partial charge >= 0.3 is 0 Å². The summed E-state index contributed by atoms with van der Waals surface area (Å²) in [7, 11) is 5.77. The molecule has 0 aromatic carbocycles. The molecule has 2 radical (unpaired) electrons. The maximum atomic E-state index is 10.1. The predicted molar refractivity (Wildman–Crippen MR) is 78.0 cm³/mol. The van der Waals surface area contributed by atoms with Crippen LogP contribution in [0.25, 0.3) is 0 Å². The Hall–Kier alpha value is 0.515. The Bertz CT molecular complexity index is 341. The van der Waals surface area contributed by atoms with E-state index in [4.69, 9.17) is 33.7 Å². The fourth-order valence-corrected chi connectivity index (χ4v) is 2.74. The lowest BCUT2D eigenvalue weighted by Crippen LogP contribution is -2.37. The zero-order valence-corrected chi connectivity index (χ0v) is 13.4. The van der Waals surface area contributed by atoms with Gasteiger partial charge in [0.25, 0.3) is 0 Å². The summed E-state index contributed by atoms with van der Waals surface area (Å²) >= 11 is 5.05. The summed E-state index contributed by atoms with van der Waals surface area (Å²) in [6.07, 6.45) is -2.31. The second-order valence-electron chi connectivity index (χ2n) is 5.24. The maximum Gasteiger partial charge on any atom is 0.189 e. The van der Waals surface area contributed by atoms with Gasteiger partial charge in [0.2, 0.25) is 0 Å². The number of hydrogen-bond donors (Lipinski definition) is 2. The van der Waals surface area contributed by atoms with Gasteiger partial charge in [-0.15, -0.1) is 0 Å². The molecular weight excluding hydrogens is 286 g/mol. The Morgan fingerprint density at radius 2 is 1.95 bits per heavy atom. The van der Waals surface area contributed by atoms with Crippen LogP contribution in [0.1, 0.15) is 27.7 Å². The van der Waals surface area contributed by atoms with Gasteiger partial charge in [0.05, 0.1) is 12.7 Å². The zero-order chi connectivity index (χ0) is 14.8. The van der Waals surface area contributed by atoms with E-state index in [1.54, 1.807) is 13.8 Å². The molecule has 0 spiro atoms. The van der Waals surface area contributed by atoms with E-state index < -0.39 is 30.8 Å². The van der Waals surface area contributed by atoms with Crippen LogP contribution in [0.15, 0.2) is 0 Å². The van der Waals surface area contributed by atoms with E-state index in [-0.39, 0.29) is 18.4 Å². The van der Waals surface area contributed by atoms with Crippen LogP contribution in [-0.2, 0) is 25.8 Å². The molecule has 2 N–H and O–H groups in total. The molecule has 0 aromatic heterocycles. The van der Waals surface area contributed by atoms with Crippen LogP contribution in [0.3, 0.4) is 0 Å².